The average Bonchev–Trinajstić information content (AvgIpc) is 2.27. The summed E-state index contributed by atoms with van der Waals surface area (Å²) in [6.45, 7) is 5.14. The Kier molecular flexibility index (Phi) is 3.68. The summed E-state index contributed by atoms with van der Waals surface area (Å²) >= 11 is 0. The van der Waals surface area contributed by atoms with Gasteiger partial charge in [-0.25, -0.2) is 0 Å². The number of anilines is 1. The number of carbonyl (C=O) groups excluding carboxylic acids is 1. The van der Waals surface area contributed by atoms with Crippen molar-refractivity contribution in [2.45, 2.75) is 31.7 Å². The molecule has 0 spiro atoms. The highest BCUT2D eigenvalue weighted by Crippen LogP contribution is 2.25. The van der Waals surface area contributed by atoms with Crippen LogP contribution in [0.25, 0.3) is 0 Å². The lowest BCUT2D eigenvalue weighted by atomic mass is 9.94. The molecule has 2 rings (SSSR count). The van der Waals surface area contributed by atoms with Crippen LogP contribution in [-0.2, 0) is 9.53 Å². The molecule has 4 nitrogen and oxygen atoms in total. The molecule has 0 unspecified atom stereocenters. The second-order valence-corrected chi connectivity index (χ2v) is 5.32. The summed E-state index contributed by atoms with van der Waals surface area (Å²) in [5, 5.41) is 2.94. The first-order valence-corrected chi connectivity index (χ1v) is 6.26. The van der Waals surface area contributed by atoms with Crippen molar-refractivity contribution in [3.05, 3.63) is 29.8 Å². The highest BCUT2D eigenvalue weighted by Gasteiger charge is 2.36. The first-order valence-electron chi connectivity index (χ1n) is 6.26. The molecule has 0 saturated carbocycles. The molecule has 1 aromatic carbocycles. The van der Waals surface area contributed by atoms with E-state index in [2.05, 4.69) is 19.2 Å². The molecule has 1 aliphatic heterocycles. The molecule has 0 radical (unpaired) electrons. The van der Waals surface area contributed by atoms with Crippen molar-refractivity contribution in [1.29, 1.82) is 0 Å². The van der Waals surface area contributed by atoms with Crippen molar-refractivity contribution in [3.8, 4) is 0 Å². The van der Waals surface area contributed by atoms with Crippen molar-refractivity contribution in [1.82, 2.24) is 0 Å². The third-order valence-corrected chi connectivity index (χ3v) is 3.15. The molecule has 1 amide bonds. The van der Waals surface area contributed by atoms with E-state index >= 15 is 0 Å². The Bertz CT molecular complexity index is 439. The van der Waals surface area contributed by atoms with Gasteiger partial charge in [0, 0.05) is 12.1 Å². The second-order valence-electron chi connectivity index (χ2n) is 5.32. The third kappa shape index (κ3) is 2.89. The molecule has 4 heteroatoms. The van der Waals surface area contributed by atoms with Crippen LogP contribution in [0.15, 0.2) is 24.3 Å². The van der Waals surface area contributed by atoms with Crippen LogP contribution in [0.5, 0.6) is 0 Å². The summed E-state index contributed by atoms with van der Waals surface area (Å²) in [6.07, 6.45) is 0.305. The molecular weight excluding hydrogens is 228 g/mol. The number of nitrogens with one attached hydrogen (secondary N) is 1. The maximum Gasteiger partial charge on any atom is 0.226 e. The lowest BCUT2D eigenvalue weighted by Crippen LogP contribution is -2.58. The largest absolute Gasteiger partial charge is 0.377 e. The number of hydrogen-bond donors (Lipinski definition) is 2. The first kappa shape index (κ1) is 13.1. The summed E-state index contributed by atoms with van der Waals surface area (Å²) in [4.78, 5) is 11.9. The highest BCUT2D eigenvalue weighted by molar-refractivity contribution is 5.92. The predicted octanol–water partition coefficient (Wildman–Crippen LogP) is 1.87. The number of ether oxygens (including phenoxy) is 1. The SMILES string of the molecule is CC(C)c1ccccc1NC(=O)CC1(N)COC1. The Labute approximate surface area is 108 Å². The molecule has 0 atom stereocenters. The zero-order valence-corrected chi connectivity index (χ0v) is 10.9. The lowest BCUT2D eigenvalue weighted by Gasteiger charge is -2.37. The van der Waals surface area contributed by atoms with Gasteiger partial charge < -0.3 is 15.8 Å². The summed E-state index contributed by atoms with van der Waals surface area (Å²) in [5.41, 5.74) is 7.51. The molecule has 0 bridgehead atoms. The van der Waals surface area contributed by atoms with Crippen LogP contribution in [0.1, 0.15) is 31.7 Å². The van der Waals surface area contributed by atoms with Gasteiger partial charge in [-0.15, -0.1) is 0 Å². The lowest BCUT2D eigenvalue weighted by molar-refractivity contribution is -0.123. The van der Waals surface area contributed by atoms with Crippen molar-refractivity contribution in [2.24, 2.45) is 5.73 Å². The van der Waals surface area contributed by atoms with E-state index < -0.39 is 5.54 Å². The molecule has 98 valence electrons. The van der Waals surface area contributed by atoms with Crippen LogP contribution in [0.4, 0.5) is 5.69 Å². The van der Waals surface area contributed by atoms with Gasteiger partial charge in [-0.2, -0.15) is 0 Å². The van der Waals surface area contributed by atoms with Gasteiger partial charge in [-0.3, -0.25) is 4.79 Å². The Morgan fingerprint density at radius 2 is 2.11 bits per heavy atom. The second kappa shape index (κ2) is 5.08. The fourth-order valence-electron chi connectivity index (χ4n) is 2.09. The van der Waals surface area contributed by atoms with E-state index in [1.165, 1.54) is 0 Å². The van der Waals surface area contributed by atoms with Crippen molar-refractivity contribution in [2.75, 3.05) is 18.5 Å². The molecule has 1 aliphatic rings. The molecular formula is C14H20N2O2. The minimum absolute atomic E-state index is 0.0473. The van der Waals surface area contributed by atoms with Crippen molar-refractivity contribution in [3.63, 3.8) is 0 Å². The molecule has 1 heterocycles. The van der Waals surface area contributed by atoms with Gasteiger partial charge in [0.05, 0.1) is 18.8 Å². The molecule has 3 N–H and O–H groups in total. The highest BCUT2D eigenvalue weighted by atomic mass is 16.5. The number of hydrogen-bond acceptors (Lipinski definition) is 3. The Balaban J connectivity index is 2.02. The van der Waals surface area contributed by atoms with Crippen LogP contribution in [0, 0.1) is 0 Å². The summed E-state index contributed by atoms with van der Waals surface area (Å²) in [7, 11) is 0. The zero-order chi connectivity index (χ0) is 13.2. The third-order valence-electron chi connectivity index (χ3n) is 3.15. The van der Waals surface area contributed by atoms with Gasteiger partial charge in [-0.05, 0) is 17.5 Å². The van der Waals surface area contributed by atoms with E-state index in [-0.39, 0.29) is 5.91 Å². The Morgan fingerprint density at radius 1 is 1.44 bits per heavy atom. The fraction of sp³-hybridized carbons (Fsp3) is 0.500. The maximum absolute atomic E-state index is 11.9. The van der Waals surface area contributed by atoms with Crippen LogP contribution >= 0.6 is 0 Å². The van der Waals surface area contributed by atoms with E-state index in [1.807, 2.05) is 24.3 Å². The molecule has 1 saturated heterocycles. The standard InChI is InChI=1S/C14H20N2O2/c1-10(2)11-5-3-4-6-12(11)16-13(17)7-14(15)8-18-9-14/h3-6,10H,7-9,15H2,1-2H3,(H,16,17). The minimum Gasteiger partial charge on any atom is -0.377 e. The van der Waals surface area contributed by atoms with E-state index in [0.29, 0.717) is 25.6 Å². The molecule has 1 aromatic rings. The average molecular weight is 248 g/mol. The van der Waals surface area contributed by atoms with E-state index in [4.69, 9.17) is 10.5 Å². The van der Waals surface area contributed by atoms with Crippen molar-refractivity contribution < 1.29 is 9.53 Å². The van der Waals surface area contributed by atoms with E-state index in [1.54, 1.807) is 0 Å². The molecule has 0 aromatic heterocycles. The van der Waals surface area contributed by atoms with Gasteiger partial charge in [0.15, 0.2) is 0 Å². The van der Waals surface area contributed by atoms with Crippen molar-refractivity contribution >= 4 is 11.6 Å². The number of rotatable bonds is 4. The quantitative estimate of drug-likeness (QED) is 0.855. The van der Waals surface area contributed by atoms with Gasteiger partial charge >= 0.3 is 0 Å². The van der Waals surface area contributed by atoms with Crippen LogP contribution in [-0.4, -0.2) is 24.7 Å². The van der Waals surface area contributed by atoms with Crippen LogP contribution < -0.4 is 11.1 Å². The normalized spacial score (nSPS) is 17.3. The smallest absolute Gasteiger partial charge is 0.226 e. The van der Waals surface area contributed by atoms with Gasteiger partial charge in [-0.1, -0.05) is 32.0 Å². The number of benzene rings is 1. The van der Waals surface area contributed by atoms with Crippen LogP contribution in [0.3, 0.4) is 0 Å². The molecule has 0 aliphatic carbocycles. The van der Waals surface area contributed by atoms with Crippen LogP contribution in [0.2, 0.25) is 0 Å². The maximum atomic E-state index is 11.9. The van der Waals surface area contributed by atoms with Gasteiger partial charge in [0.25, 0.3) is 0 Å². The number of para-hydroxylation sites is 1. The first-order chi connectivity index (χ1) is 8.50. The molecule has 1 fully saturated rings. The number of nitrogens with two attached hydrogens (primary N) is 1. The zero-order valence-electron chi connectivity index (χ0n) is 10.9. The molecule has 18 heavy (non-hydrogen) atoms. The monoisotopic (exact) mass is 248 g/mol. The fourth-order valence-corrected chi connectivity index (χ4v) is 2.09. The Hall–Kier alpha value is -1.39. The minimum atomic E-state index is -0.475. The van der Waals surface area contributed by atoms with Gasteiger partial charge in [0.2, 0.25) is 5.91 Å². The van der Waals surface area contributed by atoms with E-state index in [0.717, 1.165) is 11.3 Å². The topological polar surface area (TPSA) is 64.4 Å². The van der Waals surface area contributed by atoms with Gasteiger partial charge in [0.1, 0.15) is 0 Å². The summed E-state index contributed by atoms with van der Waals surface area (Å²) in [6, 6.07) is 7.86. The number of carbonyl (C=O) groups is 1. The Morgan fingerprint density at radius 3 is 2.67 bits per heavy atom. The predicted molar refractivity (Wildman–Crippen MR) is 71.5 cm³/mol. The van der Waals surface area contributed by atoms with E-state index in [9.17, 15) is 4.79 Å². The number of amides is 1. The summed E-state index contributed by atoms with van der Waals surface area (Å²) < 4.78 is 5.05. The summed E-state index contributed by atoms with van der Waals surface area (Å²) in [5.74, 6) is 0.328.